The van der Waals surface area contributed by atoms with E-state index >= 15 is 0 Å². The summed E-state index contributed by atoms with van der Waals surface area (Å²) in [7, 11) is 3.11. The van der Waals surface area contributed by atoms with Gasteiger partial charge in [-0.15, -0.1) is 0 Å². The highest BCUT2D eigenvalue weighted by Crippen LogP contribution is 2.46. The van der Waals surface area contributed by atoms with Gasteiger partial charge in [0.1, 0.15) is 11.6 Å². The number of ether oxygens (including phenoxy) is 2. The second-order valence-corrected chi connectivity index (χ2v) is 8.34. The summed E-state index contributed by atoms with van der Waals surface area (Å²) >= 11 is 0. The molecule has 0 radical (unpaired) electrons. The summed E-state index contributed by atoms with van der Waals surface area (Å²) in [6.45, 7) is 0. The van der Waals surface area contributed by atoms with Crippen molar-refractivity contribution < 1.29 is 18.7 Å². The van der Waals surface area contributed by atoms with E-state index in [1.807, 2.05) is 12.1 Å². The number of fused-ring (bicyclic) bond motifs is 1. The van der Waals surface area contributed by atoms with Crippen LogP contribution in [-0.2, 0) is 4.79 Å². The normalized spacial score (nSPS) is 19.2. The molecule has 0 saturated heterocycles. The number of benzene rings is 2. The van der Waals surface area contributed by atoms with E-state index in [0.29, 0.717) is 34.8 Å². The van der Waals surface area contributed by atoms with Gasteiger partial charge in [-0.3, -0.25) is 19.6 Å². The SMILES string of the molecule is COc1ccc(C2CC(=O)C3=C(C2)Nc2[nH]c(=O)[nH]c(=O)c2C3c2ccc(F)cc2)cc1OC. The van der Waals surface area contributed by atoms with Crippen molar-refractivity contribution >= 4 is 11.6 Å². The van der Waals surface area contributed by atoms with Gasteiger partial charge in [0.05, 0.1) is 19.8 Å². The van der Waals surface area contributed by atoms with Crippen LogP contribution in [0.1, 0.15) is 41.4 Å². The minimum atomic E-state index is -0.730. The van der Waals surface area contributed by atoms with Crippen molar-refractivity contribution in [1.29, 1.82) is 0 Å². The van der Waals surface area contributed by atoms with Gasteiger partial charge in [0.2, 0.25) is 0 Å². The first-order chi connectivity index (χ1) is 16.4. The lowest BCUT2D eigenvalue weighted by Crippen LogP contribution is -2.37. The number of methoxy groups -OCH3 is 2. The Balaban J connectivity index is 1.63. The largest absolute Gasteiger partial charge is 0.493 e. The molecule has 2 atom stereocenters. The van der Waals surface area contributed by atoms with Gasteiger partial charge in [0.25, 0.3) is 5.56 Å². The van der Waals surface area contributed by atoms with Crippen molar-refractivity contribution in [3.63, 3.8) is 0 Å². The number of carbonyl (C=O) groups is 1. The standard InChI is InChI=1S/C25H22FN3O5/c1-33-18-8-5-13(11-19(18)34-2)14-9-16-21(17(30)10-14)20(12-3-6-15(26)7-4-12)22-23(27-16)28-25(32)29-24(22)31/h3-8,11,14,20H,9-10H2,1-2H3,(H3,27,28,29,31,32). The lowest BCUT2D eigenvalue weighted by Gasteiger charge is -2.35. The highest BCUT2D eigenvalue weighted by molar-refractivity contribution is 6.01. The summed E-state index contributed by atoms with van der Waals surface area (Å²) in [6.07, 6.45) is 0.701. The molecular formula is C25H22FN3O5. The molecule has 0 spiro atoms. The number of ketones is 1. The van der Waals surface area contributed by atoms with Gasteiger partial charge in [-0.2, -0.15) is 0 Å². The molecule has 174 valence electrons. The maximum atomic E-state index is 13.6. The van der Waals surface area contributed by atoms with Crippen molar-refractivity contribution in [3.8, 4) is 11.5 Å². The molecule has 2 unspecified atom stereocenters. The number of anilines is 1. The van der Waals surface area contributed by atoms with Crippen LogP contribution in [0.2, 0.25) is 0 Å². The van der Waals surface area contributed by atoms with Gasteiger partial charge in [-0.05, 0) is 47.7 Å². The summed E-state index contributed by atoms with van der Waals surface area (Å²) in [6, 6.07) is 11.2. The Morgan fingerprint density at radius 2 is 1.59 bits per heavy atom. The molecule has 8 nitrogen and oxygen atoms in total. The summed E-state index contributed by atoms with van der Waals surface area (Å²) < 4.78 is 24.3. The Morgan fingerprint density at radius 1 is 0.882 bits per heavy atom. The Labute approximate surface area is 193 Å². The molecule has 0 amide bonds. The smallest absolute Gasteiger partial charge is 0.327 e. The lowest BCUT2D eigenvalue weighted by molar-refractivity contribution is -0.116. The number of rotatable bonds is 4. The minimum Gasteiger partial charge on any atom is -0.493 e. The molecule has 5 rings (SSSR count). The van der Waals surface area contributed by atoms with Gasteiger partial charge in [0.15, 0.2) is 17.3 Å². The third-order valence-corrected chi connectivity index (χ3v) is 6.42. The average molecular weight is 463 g/mol. The van der Waals surface area contributed by atoms with E-state index in [-0.39, 0.29) is 29.5 Å². The number of aromatic amines is 2. The molecule has 0 fully saturated rings. The molecule has 3 aromatic rings. The number of aromatic nitrogens is 2. The quantitative estimate of drug-likeness (QED) is 0.548. The number of hydrogen-bond donors (Lipinski definition) is 3. The van der Waals surface area contributed by atoms with Crippen LogP contribution in [0.3, 0.4) is 0 Å². The second-order valence-electron chi connectivity index (χ2n) is 8.34. The van der Waals surface area contributed by atoms with E-state index in [4.69, 9.17) is 9.47 Å². The Hall–Kier alpha value is -4.14. The van der Waals surface area contributed by atoms with Crippen LogP contribution in [0, 0.1) is 5.82 Å². The van der Waals surface area contributed by atoms with Crippen LogP contribution in [0.15, 0.2) is 63.3 Å². The second kappa shape index (κ2) is 8.33. The maximum Gasteiger partial charge on any atom is 0.327 e. The van der Waals surface area contributed by atoms with E-state index in [1.165, 1.54) is 12.1 Å². The molecule has 2 aromatic carbocycles. The van der Waals surface area contributed by atoms with E-state index < -0.39 is 23.0 Å². The monoisotopic (exact) mass is 463 g/mol. The third kappa shape index (κ3) is 3.59. The molecule has 3 N–H and O–H groups in total. The maximum absolute atomic E-state index is 13.6. The summed E-state index contributed by atoms with van der Waals surface area (Å²) in [5.74, 6) is -0.0397. The first-order valence-corrected chi connectivity index (χ1v) is 10.8. The Kier molecular flexibility index (Phi) is 5.31. The molecule has 1 aliphatic heterocycles. The number of nitrogens with one attached hydrogen (secondary N) is 3. The van der Waals surface area contributed by atoms with Crippen LogP contribution in [-0.4, -0.2) is 30.0 Å². The predicted octanol–water partition coefficient (Wildman–Crippen LogP) is 3.18. The van der Waals surface area contributed by atoms with Crippen LogP contribution in [0.25, 0.3) is 0 Å². The van der Waals surface area contributed by atoms with Crippen LogP contribution >= 0.6 is 0 Å². The molecule has 34 heavy (non-hydrogen) atoms. The summed E-state index contributed by atoms with van der Waals surface area (Å²) in [4.78, 5) is 43.2. The molecule has 2 aliphatic rings. The fourth-order valence-electron chi connectivity index (χ4n) is 4.88. The minimum absolute atomic E-state index is 0.126. The number of H-pyrrole nitrogens is 2. The third-order valence-electron chi connectivity index (χ3n) is 6.42. The van der Waals surface area contributed by atoms with Crippen molar-refractivity contribution in [2.45, 2.75) is 24.7 Å². The van der Waals surface area contributed by atoms with Crippen molar-refractivity contribution in [2.24, 2.45) is 0 Å². The van der Waals surface area contributed by atoms with Gasteiger partial charge >= 0.3 is 5.69 Å². The van der Waals surface area contributed by atoms with Crippen molar-refractivity contribution in [2.75, 3.05) is 19.5 Å². The van der Waals surface area contributed by atoms with Crippen LogP contribution in [0.5, 0.6) is 11.5 Å². The fourth-order valence-corrected chi connectivity index (χ4v) is 4.88. The summed E-state index contributed by atoms with van der Waals surface area (Å²) in [5.41, 5.74) is 1.55. The highest BCUT2D eigenvalue weighted by atomic mass is 19.1. The number of halogens is 1. The van der Waals surface area contributed by atoms with E-state index in [1.54, 1.807) is 32.4 Å². The van der Waals surface area contributed by atoms with Crippen molar-refractivity contribution in [1.82, 2.24) is 9.97 Å². The first kappa shape index (κ1) is 21.7. The molecule has 0 saturated carbocycles. The summed E-state index contributed by atoms with van der Waals surface area (Å²) in [5, 5.41) is 3.13. The van der Waals surface area contributed by atoms with Crippen molar-refractivity contribution in [3.05, 3.63) is 97.1 Å². The predicted molar refractivity (Wildman–Crippen MR) is 123 cm³/mol. The van der Waals surface area contributed by atoms with E-state index in [0.717, 1.165) is 5.56 Å². The van der Waals surface area contributed by atoms with Gasteiger partial charge in [0, 0.05) is 23.6 Å². The molecule has 2 heterocycles. The lowest BCUT2D eigenvalue weighted by atomic mass is 9.72. The van der Waals surface area contributed by atoms with Gasteiger partial charge < -0.3 is 14.8 Å². The molecular weight excluding hydrogens is 441 g/mol. The Morgan fingerprint density at radius 3 is 2.29 bits per heavy atom. The molecule has 1 aromatic heterocycles. The number of Topliss-reactive ketones (excluding diaryl/α,β-unsaturated/α-hetero) is 1. The molecule has 1 aliphatic carbocycles. The Bertz CT molecular complexity index is 1440. The first-order valence-electron chi connectivity index (χ1n) is 10.8. The van der Waals surface area contributed by atoms with Crippen LogP contribution in [0.4, 0.5) is 10.2 Å². The van der Waals surface area contributed by atoms with E-state index in [2.05, 4.69) is 15.3 Å². The zero-order valence-electron chi connectivity index (χ0n) is 18.5. The molecule has 9 heteroatoms. The van der Waals surface area contributed by atoms with Crippen LogP contribution < -0.4 is 26.0 Å². The zero-order valence-corrected chi connectivity index (χ0v) is 18.5. The topological polar surface area (TPSA) is 113 Å². The fraction of sp³-hybridized carbons (Fsp3) is 0.240. The number of allylic oxidation sites excluding steroid dienone is 2. The average Bonchev–Trinajstić information content (AvgIpc) is 2.82. The number of hydrogen-bond acceptors (Lipinski definition) is 6. The van der Waals surface area contributed by atoms with Gasteiger partial charge in [-0.1, -0.05) is 18.2 Å². The number of carbonyl (C=O) groups excluding carboxylic acids is 1. The van der Waals surface area contributed by atoms with E-state index in [9.17, 15) is 18.8 Å². The molecule has 0 bridgehead atoms. The zero-order chi connectivity index (χ0) is 24.0. The van der Waals surface area contributed by atoms with Gasteiger partial charge in [-0.25, -0.2) is 9.18 Å². The highest BCUT2D eigenvalue weighted by Gasteiger charge is 2.40.